The number of nitriles is 1. The lowest BCUT2D eigenvalue weighted by Gasteiger charge is -2.06. The summed E-state index contributed by atoms with van der Waals surface area (Å²) in [5.41, 5.74) is 9.98. The molecule has 0 saturated heterocycles. The van der Waals surface area contributed by atoms with Gasteiger partial charge in [-0.15, -0.1) is 0 Å². The lowest BCUT2D eigenvalue weighted by molar-refractivity contribution is 0.392. The van der Waals surface area contributed by atoms with Gasteiger partial charge in [-0.1, -0.05) is 5.16 Å². The molecule has 3 aromatic rings. The first-order valence-corrected chi connectivity index (χ1v) is 6.17. The van der Waals surface area contributed by atoms with Crippen LogP contribution in [0.25, 0.3) is 11.0 Å². The zero-order valence-corrected chi connectivity index (χ0v) is 11.2. The molecular formula is C14H13N5O. The predicted molar refractivity (Wildman–Crippen MR) is 73.9 cm³/mol. The van der Waals surface area contributed by atoms with Crippen molar-refractivity contribution in [2.45, 2.75) is 20.4 Å². The Morgan fingerprint density at radius 3 is 2.85 bits per heavy atom. The maximum absolute atomic E-state index is 9.00. The Balaban J connectivity index is 2.16. The summed E-state index contributed by atoms with van der Waals surface area (Å²) in [4.78, 5) is 4.31. The Bertz CT molecular complexity index is 818. The van der Waals surface area contributed by atoms with Gasteiger partial charge in [-0.3, -0.25) is 0 Å². The van der Waals surface area contributed by atoms with Crippen LogP contribution in [0.5, 0.6) is 0 Å². The Morgan fingerprint density at radius 1 is 1.40 bits per heavy atom. The average Bonchev–Trinajstić information content (AvgIpc) is 2.92. The first kappa shape index (κ1) is 12.2. The summed E-state index contributed by atoms with van der Waals surface area (Å²) >= 11 is 0. The third-order valence-corrected chi connectivity index (χ3v) is 3.40. The van der Waals surface area contributed by atoms with E-state index in [9.17, 15) is 0 Å². The van der Waals surface area contributed by atoms with Crippen LogP contribution in [-0.2, 0) is 6.54 Å². The van der Waals surface area contributed by atoms with Crippen molar-refractivity contribution in [2.24, 2.45) is 0 Å². The molecule has 0 saturated carbocycles. The highest BCUT2D eigenvalue weighted by atomic mass is 16.5. The van der Waals surface area contributed by atoms with Gasteiger partial charge in [0.25, 0.3) is 0 Å². The van der Waals surface area contributed by atoms with Crippen molar-refractivity contribution in [1.82, 2.24) is 14.7 Å². The molecule has 20 heavy (non-hydrogen) atoms. The van der Waals surface area contributed by atoms with E-state index in [1.54, 1.807) is 18.2 Å². The number of rotatable bonds is 2. The highest BCUT2D eigenvalue weighted by Gasteiger charge is 2.14. The zero-order chi connectivity index (χ0) is 14.3. The van der Waals surface area contributed by atoms with Gasteiger partial charge in [0.1, 0.15) is 5.76 Å². The van der Waals surface area contributed by atoms with Crippen molar-refractivity contribution in [2.75, 3.05) is 5.73 Å². The molecule has 0 aliphatic heterocycles. The van der Waals surface area contributed by atoms with Gasteiger partial charge in [0.15, 0.2) is 0 Å². The van der Waals surface area contributed by atoms with E-state index in [1.807, 2.05) is 18.4 Å². The number of fused-ring (bicyclic) bond motifs is 1. The van der Waals surface area contributed by atoms with Crippen molar-refractivity contribution < 1.29 is 4.52 Å². The summed E-state index contributed by atoms with van der Waals surface area (Å²) in [5, 5.41) is 12.9. The molecule has 2 N–H and O–H groups in total. The SMILES string of the molecule is Cc1noc(C)c1Cn1c(N)nc2ccc(C#N)cc21. The van der Waals surface area contributed by atoms with Crippen molar-refractivity contribution in [3.8, 4) is 6.07 Å². The smallest absolute Gasteiger partial charge is 0.201 e. The van der Waals surface area contributed by atoms with Crippen molar-refractivity contribution >= 4 is 17.0 Å². The normalized spacial score (nSPS) is 10.8. The second-order valence-electron chi connectivity index (χ2n) is 4.67. The topological polar surface area (TPSA) is 93.7 Å². The van der Waals surface area contributed by atoms with Gasteiger partial charge in [0.05, 0.1) is 34.9 Å². The monoisotopic (exact) mass is 267 g/mol. The maximum atomic E-state index is 9.00. The van der Waals surface area contributed by atoms with Crippen molar-refractivity contribution in [3.05, 3.63) is 40.8 Å². The molecule has 0 spiro atoms. The van der Waals surface area contributed by atoms with Gasteiger partial charge in [-0.2, -0.15) is 5.26 Å². The standard InChI is InChI=1S/C14H13N5O/c1-8-11(9(2)20-18-8)7-19-13-5-10(6-15)3-4-12(13)17-14(19)16/h3-5H,7H2,1-2H3,(H2,16,17). The lowest BCUT2D eigenvalue weighted by Crippen LogP contribution is -2.06. The maximum Gasteiger partial charge on any atom is 0.201 e. The molecule has 100 valence electrons. The largest absolute Gasteiger partial charge is 0.369 e. The third-order valence-electron chi connectivity index (χ3n) is 3.40. The summed E-state index contributed by atoms with van der Waals surface area (Å²) in [6.45, 7) is 4.28. The van der Waals surface area contributed by atoms with Gasteiger partial charge in [-0.05, 0) is 32.0 Å². The minimum atomic E-state index is 0.412. The molecule has 0 bridgehead atoms. The van der Waals surface area contributed by atoms with Crippen LogP contribution in [0, 0.1) is 25.2 Å². The summed E-state index contributed by atoms with van der Waals surface area (Å²) in [6, 6.07) is 7.44. The number of anilines is 1. The molecule has 0 aliphatic carbocycles. The number of aromatic nitrogens is 3. The average molecular weight is 267 g/mol. The minimum absolute atomic E-state index is 0.412. The molecule has 6 heteroatoms. The quantitative estimate of drug-likeness (QED) is 0.767. The number of imidazole rings is 1. The first-order chi connectivity index (χ1) is 9.60. The second-order valence-corrected chi connectivity index (χ2v) is 4.67. The fourth-order valence-electron chi connectivity index (χ4n) is 2.26. The molecule has 3 rings (SSSR count). The molecule has 0 amide bonds. The van der Waals surface area contributed by atoms with Gasteiger partial charge >= 0.3 is 0 Å². The number of hydrogen-bond acceptors (Lipinski definition) is 5. The van der Waals surface area contributed by atoms with Crippen LogP contribution in [0.3, 0.4) is 0 Å². The summed E-state index contributed by atoms with van der Waals surface area (Å²) in [7, 11) is 0. The summed E-state index contributed by atoms with van der Waals surface area (Å²) < 4.78 is 7.03. The Hall–Kier alpha value is -2.81. The van der Waals surface area contributed by atoms with Crippen LogP contribution in [0.15, 0.2) is 22.7 Å². The molecule has 2 heterocycles. The van der Waals surface area contributed by atoms with E-state index in [2.05, 4.69) is 16.2 Å². The molecule has 2 aromatic heterocycles. The number of nitrogen functional groups attached to an aromatic ring is 1. The molecule has 1 aromatic carbocycles. The van der Waals surface area contributed by atoms with Gasteiger partial charge in [0.2, 0.25) is 5.95 Å². The van der Waals surface area contributed by atoms with Crippen LogP contribution in [-0.4, -0.2) is 14.7 Å². The molecule has 6 nitrogen and oxygen atoms in total. The van der Waals surface area contributed by atoms with E-state index in [4.69, 9.17) is 15.5 Å². The van der Waals surface area contributed by atoms with Crippen molar-refractivity contribution in [3.63, 3.8) is 0 Å². The van der Waals surface area contributed by atoms with Crippen LogP contribution >= 0.6 is 0 Å². The molecule has 0 atom stereocenters. The number of benzene rings is 1. The summed E-state index contributed by atoms with van der Waals surface area (Å²) in [6.07, 6.45) is 0. The van der Waals surface area contributed by atoms with Crippen LogP contribution in [0.2, 0.25) is 0 Å². The Kier molecular flexibility index (Phi) is 2.68. The Labute approximate surface area is 115 Å². The predicted octanol–water partition coefficient (Wildman–Crippen LogP) is 2.14. The van der Waals surface area contributed by atoms with Crippen molar-refractivity contribution in [1.29, 1.82) is 5.26 Å². The molecule has 0 aliphatic rings. The molecule has 0 fully saturated rings. The molecular weight excluding hydrogens is 254 g/mol. The number of hydrogen-bond donors (Lipinski definition) is 1. The molecule has 0 radical (unpaired) electrons. The fraction of sp³-hybridized carbons (Fsp3) is 0.214. The van der Waals surface area contributed by atoms with E-state index in [0.717, 1.165) is 28.1 Å². The highest BCUT2D eigenvalue weighted by Crippen LogP contribution is 2.23. The highest BCUT2D eigenvalue weighted by molar-refractivity contribution is 5.80. The first-order valence-electron chi connectivity index (χ1n) is 6.17. The third kappa shape index (κ3) is 1.80. The fourth-order valence-corrected chi connectivity index (χ4v) is 2.26. The second kappa shape index (κ2) is 4.38. The van der Waals surface area contributed by atoms with Gasteiger partial charge in [-0.25, -0.2) is 4.98 Å². The van der Waals surface area contributed by atoms with Crippen LogP contribution in [0.4, 0.5) is 5.95 Å². The summed E-state index contributed by atoms with van der Waals surface area (Å²) in [5.74, 6) is 1.18. The van der Waals surface area contributed by atoms with Gasteiger partial charge < -0.3 is 14.8 Å². The van der Waals surface area contributed by atoms with E-state index >= 15 is 0 Å². The van der Waals surface area contributed by atoms with Crippen LogP contribution < -0.4 is 5.73 Å². The minimum Gasteiger partial charge on any atom is -0.369 e. The zero-order valence-electron chi connectivity index (χ0n) is 11.2. The van der Waals surface area contributed by atoms with Crippen LogP contribution in [0.1, 0.15) is 22.6 Å². The van der Waals surface area contributed by atoms with E-state index < -0.39 is 0 Å². The van der Waals surface area contributed by atoms with Gasteiger partial charge in [0, 0.05) is 5.56 Å². The number of nitrogens with zero attached hydrogens (tertiary/aromatic N) is 4. The number of nitrogens with two attached hydrogens (primary N) is 1. The number of aryl methyl sites for hydroxylation is 2. The van der Waals surface area contributed by atoms with E-state index in [0.29, 0.717) is 18.1 Å². The molecule has 0 unspecified atom stereocenters. The Morgan fingerprint density at radius 2 is 2.20 bits per heavy atom. The van der Waals surface area contributed by atoms with E-state index in [1.165, 1.54) is 0 Å². The lowest BCUT2D eigenvalue weighted by atomic mass is 10.2. The van der Waals surface area contributed by atoms with E-state index in [-0.39, 0.29) is 0 Å².